The molecule has 4 heteroatoms. The Labute approximate surface area is 64.8 Å². The molecule has 0 saturated carbocycles. The van der Waals surface area contributed by atoms with Gasteiger partial charge in [0.2, 0.25) is 0 Å². The highest BCUT2D eigenvalue weighted by molar-refractivity contribution is 5.79. The second kappa shape index (κ2) is 3.95. The fourth-order valence-electron chi connectivity index (χ4n) is 0.914. The van der Waals surface area contributed by atoms with Gasteiger partial charge in [-0.25, -0.2) is 0 Å². The summed E-state index contributed by atoms with van der Waals surface area (Å²) in [6, 6.07) is 0. The average Bonchev–Trinajstić information content (AvgIpc) is 1.88. The van der Waals surface area contributed by atoms with Crippen LogP contribution in [0.2, 0.25) is 0 Å². The number of aliphatic carboxylic acids is 2. The summed E-state index contributed by atoms with van der Waals surface area (Å²) in [6.45, 7) is 3.07. The highest BCUT2D eigenvalue weighted by Crippen LogP contribution is 2.15. The van der Waals surface area contributed by atoms with Crippen LogP contribution in [-0.4, -0.2) is 22.2 Å². The predicted octanol–water partition coefficient (Wildman–Crippen LogP) is 0.818. The summed E-state index contributed by atoms with van der Waals surface area (Å²) in [5.41, 5.74) is 0. The first-order chi connectivity index (χ1) is 5.00. The zero-order valence-corrected chi connectivity index (χ0v) is 6.57. The van der Waals surface area contributed by atoms with Gasteiger partial charge < -0.3 is 10.2 Å². The highest BCUT2D eigenvalue weighted by Gasteiger charge is 2.27. The third-order valence-electron chi connectivity index (χ3n) is 1.75. The Morgan fingerprint density at radius 2 is 1.73 bits per heavy atom. The maximum absolute atomic E-state index is 10.4. The molecule has 0 aliphatic heterocycles. The molecule has 2 N–H and O–H groups in total. The van der Waals surface area contributed by atoms with E-state index in [1.165, 1.54) is 6.92 Å². The van der Waals surface area contributed by atoms with Gasteiger partial charge in [-0.2, -0.15) is 0 Å². The minimum Gasteiger partial charge on any atom is -0.481 e. The summed E-state index contributed by atoms with van der Waals surface area (Å²) < 4.78 is 0. The Morgan fingerprint density at radius 3 is 1.82 bits per heavy atom. The van der Waals surface area contributed by atoms with Crippen molar-refractivity contribution in [2.75, 3.05) is 0 Å². The Kier molecular flexibility index (Phi) is 3.57. The lowest BCUT2D eigenvalue weighted by molar-refractivity contribution is -0.153. The van der Waals surface area contributed by atoms with E-state index in [0.29, 0.717) is 6.42 Å². The van der Waals surface area contributed by atoms with E-state index in [9.17, 15) is 9.59 Å². The van der Waals surface area contributed by atoms with Crippen molar-refractivity contribution in [3.05, 3.63) is 0 Å². The monoisotopic (exact) mass is 160 g/mol. The maximum Gasteiger partial charge on any atom is 0.307 e. The lowest BCUT2D eigenvalue weighted by Crippen LogP contribution is -2.26. The van der Waals surface area contributed by atoms with Gasteiger partial charge in [0, 0.05) is 0 Å². The first-order valence-electron chi connectivity index (χ1n) is 3.46. The Bertz CT molecular complexity index is 164. The fourth-order valence-corrected chi connectivity index (χ4v) is 0.914. The molecule has 0 fully saturated rings. The SMILES string of the molecule is CC[C@@H](C(=O)O)C(C)C(=O)O. The third-order valence-corrected chi connectivity index (χ3v) is 1.75. The van der Waals surface area contributed by atoms with Gasteiger partial charge in [0.1, 0.15) is 0 Å². The first kappa shape index (κ1) is 9.94. The molecule has 0 aliphatic carbocycles. The van der Waals surface area contributed by atoms with E-state index < -0.39 is 23.8 Å². The fraction of sp³-hybridized carbons (Fsp3) is 0.714. The van der Waals surface area contributed by atoms with Gasteiger partial charge in [0.15, 0.2) is 0 Å². The van der Waals surface area contributed by atoms with Crippen LogP contribution in [0, 0.1) is 11.8 Å². The van der Waals surface area contributed by atoms with E-state index in [4.69, 9.17) is 10.2 Å². The van der Waals surface area contributed by atoms with Crippen LogP contribution in [0.1, 0.15) is 20.3 Å². The summed E-state index contributed by atoms with van der Waals surface area (Å²) >= 11 is 0. The Hall–Kier alpha value is -1.06. The van der Waals surface area contributed by atoms with Crippen molar-refractivity contribution in [1.29, 1.82) is 0 Å². The molecular formula is C7H12O4. The van der Waals surface area contributed by atoms with Crippen LogP contribution < -0.4 is 0 Å². The molecule has 64 valence electrons. The minimum absolute atomic E-state index is 0.350. The van der Waals surface area contributed by atoms with Crippen LogP contribution in [0.15, 0.2) is 0 Å². The van der Waals surface area contributed by atoms with E-state index in [1.807, 2.05) is 0 Å². The molecule has 2 atom stereocenters. The number of carboxylic acids is 2. The molecule has 4 nitrogen and oxygen atoms in total. The van der Waals surface area contributed by atoms with Gasteiger partial charge in [-0.3, -0.25) is 9.59 Å². The van der Waals surface area contributed by atoms with Crippen LogP contribution >= 0.6 is 0 Å². The van der Waals surface area contributed by atoms with Crippen LogP contribution in [0.3, 0.4) is 0 Å². The molecule has 1 unspecified atom stereocenters. The molecule has 0 aromatic carbocycles. The summed E-state index contributed by atoms with van der Waals surface area (Å²) in [6.07, 6.45) is 0.350. The first-order valence-corrected chi connectivity index (χ1v) is 3.46. The molecule has 0 bridgehead atoms. The second-order valence-electron chi connectivity index (χ2n) is 2.48. The Morgan fingerprint density at radius 1 is 1.27 bits per heavy atom. The maximum atomic E-state index is 10.4. The van der Waals surface area contributed by atoms with E-state index in [0.717, 1.165) is 0 Å². The zero-order chi connectivity index (χ0) is 9.02. The molecule has 11 heavy (non-hydrogen) atoms. The van der Waals surface area contributed by atoms with Gasteiger partial charge in [0.25, 0.3) is 0 Å². The lowest BCUT2D eigenvalue weighted by Gasteiger charge is -2.13. The zero-order valence-electron chi connectivity index (χ0n) is 6.57. The van der Waals surface area contributed by atoms with E-state index in [1.54, 1.807) is 6.92 Å². The van der Waals surface area contributed by atoms with Crippen molar-refractivity contribution >= 4 is 11.9 Å². The molecule has 0 aliphatic rings. The van der Waals surface area contributed by atoms with Gasteiger partial charge in [-0.15, -0.1) is 0 Å². The van der Waals surface area contributed by atoms with Crippen molar-refractivity contribution in [3.8, 4) is 0 Å². The summed E-state index contributed by atoms with van der Waals surface area (Å²) in [5.74, 6) is -3.67. The molecule has 0 aromatic rings. The van der Waals surface area contributed by atoms with Crippen LogP contribution in [-0.2, 0) is 9.59 Å². The molecule has 0 heterocycles. The number of hydrogen-bond acceptors (Lipinski definition) is 2. The standard InChI is InChI=1S/C7H12O4/c1-3-5(7(10)11)4(2)6(8)9/h4-5H,3H2,1-2H3,(H,8,9)(H,10,11)/t4?,5-/m1/s1. The van der Waals surface area contributed by atoms with Gasteiger partial charge in [-0.05, 0) is 6.42 Å². The topological polar surface area (TPSA) is 74.6 Å². The predicted molar refractivity (Wildman–Crippen MR) is 38.2 cm³/mol. The molecule has 0 spiro atoms. The van der Waals surface area contributed by atoms with Crippen LogP contribution in [0.4, 0.5) is 0 Å². The highest BCUT2D eigenvalue weighted by atomic mass is 16.4. The number of carboxylic acid groups (broad SMARTS) is 2. The normalized spacial score (nSPS) is 15.5. The number of carbonyl (C=O) groups is 2. The average molecular weight is 160 g/mol. The van der Waals surface area contributed by atoms with Crippen LogP contribution in [0.5, 0.6) is 0 Å². The lowest BCUT2D eigenvalue weighted by atomic mass is 9.92. The summed E-state index contributed by atoms with van der Waals surface area (Å²) in [5, 5.41) is 17.0. The van der Waals surface area contributed by atoms with Crippen molar-refractivity contribution in [1.82, 2.24) is 0 Å². The molecule has 0 radical (unpaired) electrons. The summed E-state index contributed by atoms with van der Waals surface area (Å²) in [7, 11) is 0. The molecule has 0 amide bonds. The van der Waals surface area contributed by atoms with Crippen molar-refractivity contribution in [2.24, 2.45) is 11.8 Å². The quantitative estimate of drug-likeness (QED) is 0.638. The molecule has 0 rings (SSSR count). The van der Waals surface area contributed by atoms with Crippen molar-refractivity contribution in [2.45, 2.75) is 20.3 Å². The van der Waals surface area contributed by atoms with E-state index in [-0.39, 0.29) is 0 Å². The van der Waals surface area contributed by atoms with Crippen LogP contribution in [0.25, 0.3) is 0 Å². The smallest absolute Gasteiger partial charge is 0.307 e. The van der Waals surface area contributed by atoms with Gasteiger partial charge >= 0.3 is 11.9 Å². The van der Waals surface area contributed by atoms with E-state index in [2.05, 4.69) is 0 Å². The molecule has 0 saturated heterocycles. The number of hydrogen-bond donors (Lipinski definition) is 2. The Balaban J connectivity index is 4.25. The number of rotatable bonds is 4. The molecular weight excluding hydrogens is 148 g/mol. The summed E-state index contributed by atoms with van der Waals surface area (Å²) in [4.78, 5) is 20.8. The minimum atomic E-state index is -1.06. The van der Waals surface area contributed by atoms with Gasteiger partial charge in [-0.1, -0.05) is 13.8 Å². The van der Waals surface area contributed by atoms with Gasteiger partial charge in [0.05, 0.1) is 11.8 Å². The molecule has 0 aromatic heterocycles. The largest absolute Gasteiger partial charge is 0.481 e. The van der Waals surface area contributed by atoms with Crippen molar-refractivity contribution < 1.29 is 19.8 Å². The second-order valence-corrected chi connectivity index (χ2v) is 2.48. The van der Waals surface area contributed by atoms with E-state index >= 15 is 0 Å². The third kappa shape index (κ3) is 2.57. The van der Waals surface area contributed by atoms with Crippen molar-refractivity contribution in [3.63, 3.8) is 0 Å².